The van der Waals surface area contributed by atoms with Gasteiger partial charge < -0.3 is 9.32 Å². The predicted octanol–water partition coefficient (Wildman–Crippen LogP) is 13.9. The minimum atomic E-state index is 0.876. The lowest BCUT2D eigenvalue weighted by atomic mass is 9.98. The van der Waals surface area contributed by atoms with E-state index in [0.717, 1.165) is 33.3 Å². The summed E-state index contributed by atoms with van der Waals surface area (Å²) in [7, 11) is 0. The summed E-state index contributed by atoms with van der Waals surface area (Å²) < 4.78 is 8.99. The second-order valence-electron chi connectivity index (χ2n) is 12.5. The SMILES string of the molecule is c1ccc(-c2ccc3c(sc4ccccc43)c2N(c2ccc(-c3ccc4ccccc4c3)cc2)c2cccc3oc4ccccc4c23)cc1. The van der Waals surface area contributed by atoms with Crippen molar-refractivity contribution in [3.63, 3.8) is 0 Å². The van der Waals surface area contributed by atoms with Crippen molar-refractivity contribution in [2.45, 2.75) is 0 Å². The van der Waals surface area contributed by atoms with Crippen LogP contribution in [0.1, 0.15) is 0 Å². The van der Waals surface area contributed by atoms with Gasteiger partial charge in [-0.25, -0.2) is 0 Å². The largest absolute Gasteiger partial charge is 0.456 e. The predicted molar refractivity (Wildman–Crippen MR) is 210 cm³/mol. The molecule has 0 N–H and O–H groups in total. The van der Waals surface area contributed by atoms with Crippen molar-refractivity contribution in [2.24, 2.45) is 0 Å². The zero-order chi connectivity index (χ0) is 32.3. The van der Waals surface area contributed by atoms with Crippen LogP contribution in [0, 0.1) is 0 Å². The van der Waals surface area contributed by atoms with Gasteiger partial charge in [-0.2, -0.15) is 0 Å². The first-order valence-corrected chi connectivity index (χ1v) is 17.4. The molecule has 0 amide bonds. The smallest absolute Gasteiger partial charge is 0.137 e. The van der Waals surface area contributed by atoms with Crippen molar-refractivity contribution in [2.75, 3.05) is 4.90 Å². The first kappa shape index (κ1) is 27.9. The van der Waals surface area contributed by atoms with Gasteiger partial charge in [0.25, 0.3) is 0 Å². The Hall–Kier alpha value is -6.16. The van der Waals surface area contributed by atoms with Crippen molar-refractivity contribution in [3.05, 3.63) is 176 Å². The van der Waals surface area contributed by atoms with Crippen LogP contribution in [-0.4, -0.2) is 0 Å². The van der Waals surface area contributed by atoms with E-state index in [1.54, 1.807) is 0 Å². The van der Waals surface area contributed by atoms with Crippen LogP contribution in [0.3, 0.4) is 0 Å². The number of thiophene rings is 1. The number of fused-ring (bicyclic) bond motifs is 7. The van der Waals surface area contributed by atoms with Crippen LogP contribution in [0.4, 0.5) is 17.1 Å². The normalized spacial score (nSPS) is 11.7. The maximum atomic E-state index is 6.45. The van der Waals surface area contributed by atoms with E-state index in [-0.39, 0.29) is 0 Å². The highest BCUT2D eigenvalue weighted by Gasteiger charge is 2.25. The fraction of sp³-hybridized carbons (Fsp3) is 0. The van der Waals surface area contributed by atoms with E-state index in [0.29, 0.717) is 0 Å². The number of hydrogen-bond donors (Lipinski definition) is 0. The van der Waals surface area contributed by atoms with Gasteiger partial charge in [-0.1, -0.05) is 133 Å². The van der Waals surface area contributed by atoms with Gasteiger partial charge in [0.05, 0.1) is 21.5 Å². The molecule has 0 spiro atoms. The van der Waals surface area contributed by atoms with Crippen molar-refractivity contribution in [3.8, 4) is 22.3 Å². The average molecular weight is 644 g/mol. The van der Waals surface area contributed by atoms with Crippen molar-refractivity contribution in [1.29, 1.82) is 0 Å². The third-order valence-corrected chi connectivity index (χ3v) is 10.9. The van der Waals surface area contributed by atoms with E-state index in [2.05, 4.69) is 175 Å². The Morgan fingerprint density at radius 3 is 2.04 bits per heavy atom. The highest BCUT2D eigenvalue weighted by molar-refractivity contribution is 7.26. The molecule has 0 aliphatic rings. The number of benzene rings is 8. The highest BCUT2D eigenvalue weighted by atomic mass is 32.1. The molecule has 0 radical (unpaired) electrons. The summed E-state index contributed by atoms with van der Waals surface area (Å²) in [6, 6.07) is 63.2. The van der Waals surface area contributed by atoms with Crippen molar-refractivity contribution in [1.82, 2.24) is 0 Å². The monoisotopic (exact) mass is 643 g/mol. The Balaban J connectivity index is 1.28. The summed E-state index contributed by atoms with van der Waals surface area (Å²) in [5.74, 6) is 0. The molecule has 0 fully saturated rings. The number of furan rings is 1. The van der Waals surface area contributed by atoms with E-state index in [1.165, 1.54) is 58.9 Å². The maximum absolute atomic E-state index is 6.45. The van der Waals surface area contributed by atoms with E-state index in [4.69, 9.17) is 4.42 Å². The summed E-state index contributed by atoms with van der Waals surface area (Å²) in [4.78, 5) is 2.47. The van der Waals surface area contributed by atoms with Gasteiger partial charge >= 0.3 is 0 Å². The molecular formula is C46H29NOS. The highest BCUT2D eigenvalue weighted by Crippen LogP contribution is 2.51. The molecule has 3 heteroatoms. The number of nitrogens with zero attached hydrogens (tertiary/aromatic N) is 1. The first-order chi connectivity index (χ1) is 24.3. The number of rotatable bonds is 5. The molecule has 0 atom stereocenters. The molecule has 0 aliphatic carbocycles. The molecule has 0 aliphatic heterocycles. The Bertz CT molecular complexity index is 2830. The fourth-order valence-electron chi connectivity index (χ4n) is 7.35. The van der Waals surface area contributed by atoms with Crippen molar-refractivity contribution < 1.29 is 4.42 Å². The molecule has 230 valence electrons. The summed E-state index contributed by atoms with van der Waals surface area (Å²) in [5, 5.41) is 7.25. The van der Waals surface area contributed by atoms with Crippen molar-refractivity contribution >= 4 is 81.3 Å². The van der Waals surface area contributed by atoms with Crippen LogP contribution < -0.4 is 4.90 Å². The zero-order valence-electron chi connectivity index (χ0n) is 26.5. The molecule has 10 aromatic rings. The minimum absolute atomic E-state index is 0.876. The van der Waals surface area contributed by atoms with Gasteiger partial charge in [0, 0.05) is 32.1 Å². The quantitative estimate of drug-likeness (QED) is 0.186. The molecule has 2 heterocycles. The topological polar surface area (TPSA) is 16.4 Å². The maximum Gasteiger partial charge on any atom is 0.137 e. The van der Waals surface area contributed by atoms with Gasteiger partial charge in [0.1, 0.15) is 11.2 Å². The van der Waals surface area contributed by atoms with E-state index in [9.17, 15) is 0 Å². The molecule has 10 rings (SSSR count). The van der Waals surface area contributed by atoms with Crippen LogP contribution >= 0.6 is 11.3 Å². The van der Waals surface area contributed by atoms with Crippen LogP contribution in [0.2, 0.25) is 0 Å². The Labute approximate surface area is 287 Å². The molecule has 0 saturated heterocycles. The second-order valence-corrected chi connectivity index (χ2v) is 13.5. The third-order valence-electron chi connectivity index (χ3n) is 9.66. The Morgan fingerprint density at radius 1 is 0.449 bits per heavy atom. The average Bonchev–Trinajstić information content (AvgIpc) is 3.75. The molecular weight excluding hydrogens is 615 g/mol. The molecule has 0 unspecified atom stereocenters. The summed E-state index contributed by atoms with van der Waals surface area (Å²) in [5.41, 5.74) is 9.86. The van der Waals surface area contributed by atoms with Crippen LogP contribution in [0.15, 0.2) is 180 Å². The Kier molecular flexibility index (Phi) is 6.39. The summed E-state index contributed by atoms with van der Waals surface area (Å²) >= 11 is 1.86. The van der Waals surface area contributed by atoms with E-state index in [1.807, 2.05) is 17.4 Å². The lowest BCUT2D eigenvalue weighted by Crippen LogP contribution is -2.12. The number of anilines is 3. The lowest BCUT2D eigenvalue weighted by Gasteiger charge is -2.29. The van der Waals surface area contributed by atoms with Gasteiger partial charge in [-0.05, 0) is 69.9 Å². The Morgan fingerprint density at radius 2 is 1.16 bits per heavy atom. The number of hydrogen-bond acceptors (Lipinski definition) is 3. The molecule has 0 saturated carbocycles. The first-order valence-electron chi connectivity index (χ1n) is 16.6. The zero-order valence-corrected chi connectivity index (χ0v) is 27.3. The summed E-state index contributed by atoms with van der Waals surface area (Å²) in [6.07, 6.45) is 0. The van der Waals surface area contributed by atoms with Gasteiger partial charge in [-0.3, -0.25) is 0 Å². The van der Waals surface area contributed by atoms with Gasteiger partial charge in [-0.15, -0.1) is 11.3 Å². The van der Waals surface area contributed by atoms with E-state index < -0.39 is 0 Å². The van der Waals surface area contributed by atoms with Crippen LogP contribution in [0.5, 0.6) is 0 Å². The van der Waals surface area contributed by atoms with Gasteiger partial charge in [0.15, 0.2) is 0 Å². The second kappa shape index (κ2) is 11.2. The molecule has 0 bridgehead atoms. The summed E-state index contributed by atoms with van der Waals surface area (Å²) in [6.45, 7) is 0. The minimum Gasteiger partial charge on any atom is -0.456 e. The molecule has 2 nitrogen and oxygen atoms in total. The lowest BCUT2D eigenvalue weighted by molar-refractivity contribution is 0.669. The third kappa shape index (κ3) is 4.55. The number of para-hydroxylation sites is 1. The van der Waals surface area contributed by atoms with E-state index >= 15 is 0 Å². The van der Waals surface area contributed by atoms with Crippen LogP contribution in [-0.2, 0) is 0 Å². The molecule has 49 heavy (non-hydrogen) atoms. The fourth-order valence-corrected chi connectivity index (χ4v) is 8.59. The van der Waals surface area contributed by atoms with Gasteiger partial charge in [0.2, 0.25) is 0 Å². The molecule has 2 aromatic heterocycles. The van der Waals surface area contributed by atoms with Crippen LogP contribution in [0.25, 0.3) is 75.1 Å². The molecule has 8 aromatic carbocycles. The standard InChI is InChI=1S/C46H29NOS/c1-2-12-32(13-3-1)36-27-28-38-37-15-7-9-20-43(37)49-46(38)45(36)47(40-17-10-19-42-44(40)39-16-6-8-18-41(39)48-42)35-25-23-31(24-26-35)34-22-21-30-11-4-5-14-33(30)29-34/h1-29H.